The number of aliphatic hydroxyl groups excluding tert-OH is 1. The van der Waals surface area contributed by atoms with Gasteiger partial charge in [0.05, 0.1) is 6.10 Å². The molecule has 0 bridgehead atoms. The number of ether oxygens (including phenoxy) is 1. The molecule has 0 spiro atoms. The van der Waals surface area contributed by atoms with E-state index in [-0.39, 0.29) is 0 Å². The molecule has 102 valence electrons. The van der Waals surface area contributed by atoms with Gasteiger partial charge in [-0.05, 0) is 32.4 Å². The molecule has 0 saturated carbocycles. The van der Waals surface area contributed by atoms with Gasteiger partial charge in [0.2, 0.25) is 0 Å². The SMILES string of the molecule is CCn1ccnc1COc1cc(C)ccc1[C@H](C)O. The molecule has 2 rings (SSSR count). The summed E-state index contributed by atoms with van der Waals surface area (Å²) in [5.74, 6) is 1.61. The molecule has 0 amide bonds. The lowest BCUT2D eigenvalue weighted by atomic mass is 10.1. The van der Waals surface area contributed by atoms with E-state index in [1.165, 1.54) is 0 Å². The summed E-state index contributed by atoms with van der Waals surface area (Å²) in [7, 11) is 0. The van der Waals surface area contributed by atoms with Crippen LogP contribution in [0, 0.1) is 6.92 Å². The first-order valence-electron chi connectivity index (χ1n) is 6.53. The maximum absolute atomic E-state index is 9.75. The zero-order valence-electron chi connectivity index (χ0n) is 11.6. The molecule has 4 heteroatoms. The Bertz CT molecular complexity index is 547. The molecule has 1 aromatic heterocycles. The minimum atomic E-state index is -0.540. The van der Waals surface area contributed by atoms with Crippen LogP contribution in [0.1, 0.15) is 36.9 Å². The molecule has 0 unspecified atom stereocenters. The first-order valence-corrected chi connectivity index (χ1v) is 6.53. The van der Waals surface area contributed by atoms with Gasteiger partial charge in [-0.2, -0.15) is 0 Å². The Morgan fingerprint density at radius 3 is 2.89 bits per heavy atom. The molecule has 4 nitrogen and oxygen atoms in total. The van der Waals surface area contributed by atoms with Crippen molar-refractivity contribution in [1.29, 1.82) is 0 Å². The summed E-state index contributed by atoms with van der Waals surface area (Å²) in [6, 6.07) is 5.82. The molecule has 2 aromatic rings. The van der Waals surface area contributed by atoms with Crippen LogP contribution in [0.4, 0.5) is 0 Å². The maximum atomic E-state index is 9.75. The van der Waals surface area contributed by atoms with Crippen molar-refractivity contribution in [2.75, 3.05) is 0 Å². The lowest BCUT2D eigenvalue weighted by Gasteiger charge is -2.14. The van der Waals surface area contributed by atoms with Gasteiger partial charge in [-0.25, -0.2) is 4.98 Å². The Kier molecular flexibility index (Phi) is 4.22. The zero-order valence-corrected chi connectivity index (χ0v) is 11.6. The molecule has 1 atom stereocenters. The Balaban J connectivity index is 2.17. The third kappa shape index (κ3) is 3.15. The highest BCUT2D eigenvalue weighted by atomic mass is 16.5. The van der Waals surface area contributed by atoms with Gasteiger partial charge < -0.3 is 14.4 Å². The second-order valence-corrected chi connectivity index (χ2v) is 4.64. The predicted molar refractivity (Wildman–Crippen MR) is 74.0 cm³/mol. The van der Waals surface area contributed by atoms with Gasteiger partial charge in [-0.3, -0.25) is 0 Å². The maximum Gasteiger partial charge on any atom is 0.146 e. The molecule has 0 radical (unpaired) electrons. The van der Waals surface area contributed by atoms with Gasteiger partial charge in [-0.1, -0.05) is 12.1 Å². The van der Waals surface area contributed by atoms with Crippen molar-refractivity contribution in [3.8, 4) is 5.75 Å². The predicted octanol–water partition coefficient (Wildman–Crippen LogP) is 2.84. The molecule has 0 saturated heterocycles. The number of rotatable bonds is 5. The quantitative estimate of drug-likeness (QED) is 0.899. The number of aryl methyl sites for hydroxylation is 2. The smallest absolute Gasteiger partial charge is 0.146 e. The third-order valence-corrected chi connectivity index (χ3v) is 3.12. The molecule has 1 aromatic carbocycles. The average molecular weight is 260 g/mol. The van der Waals surface area contributed by atoms with Crippen LogP contribution in [0.15, 0.2) is 30.6 Å². The molecule has 1 N–H and O–H groups in total. The van der Waals surface area contributed by atoms with E-state index in [0.717, 1.165) is 29.2 Å². The Morgan fingerprint density at radius 1 is 1.42 bits per heavy atom. The van der Waals surface area contributed by atoms with Crippen LogP contribution in [0.25, 0.3) is 0 Å². The zero-order chi connectivity index (χ0) is 13.8. The fourth-order valence-corrected chi connectivity index (χ4v) is 2.02. The van der Waals surface area contributed by atoms with Gasteiger partial charge in [0.25, 0.3) is 0 Å². The summed E-state index contributed by atoms with van der Waals surface area (Å²) in [4.78, 5) is 4.27. The van der Waals surface area contributed by atoms with E-state index in [1.54, 1.807) is 13.1 Å². The van der Waals surface area contributed by atoms with E-state index in [1.807, 2.05) is 35.9 Å². The van der Waals surface area contributed by atoms with Crippen LogP contribution in [0.2, 0.25) is 0 Å². The summed E-state index contributed by atoms with van der Waals surface area (Å²) in [6.45, 7) is 7.09. The van der Waals surface area contributed by atoms with Gasteiger partial charge >= 0.3 is 0 Å². The summed E-state index contributed by atoms with van der Waals surface area (Å²) in [5.41, 5.74) is 1.92. The summed E-state index contributed by atoms with van der Waals surface area (Å²) >= 11 is 0. The molecule has 0 aliphatic carbocycles. The molecular formula is C15H20N2O2. The van der Waals surface area contributed by atoms with E-state index in [4.69, 9.17) is 4.74 Å². The Morgan fingerprint density at radius 2 is 2.21 bits per heavy atom. The second kappa shape index (κ2) is 5.89. The standard InChI is InChI=1S/C15H20N2O2/c1-4-17-8-7-16-15(17)10-19-14-9-11(2)5-6-13(14)12(3)18/h5-9,12,18H,4,10H2,1-3H3/t12-/m0/s1. The van der Waals surface area contributed by atoms with Crippen molar-refractivity contribution in [2.45, 2.75) is 40.0 Å². The Hall–Kier alpha value is -1.81. The number of hydrogen-bond acceptors (Lipinski definition) is 3. The van der Waals surface area contributed by atoms with Gasteiger partial charge in [0.1, 0.15) is 18.2 Å². The van der Waals surface area contributed by atoms with Crippen LogP contribution in [-0.2, 0) is 13.2 Å². The highest BCUT2D eigenvalue weighted by Crippen LogP contribution is 2.26. The van der Waals surface area contributed by atoms with Gasteiger partial charge in [0, 0.05) is 24.5 Å². The van der Waals surface area contributed by atoms with Crippen molar-refractivity contribution < 1.29 is 9.84 Å². The Labute approximate surface area is 113 Å². The number of nitrogens with zero attached hydrogens (tertiary/aromatic N) is 2. The van der Waals surface area contributed by atoms with Crippen molar-refractivity contribution in [2.24, 2.45) is 0 Å². The molecule has 19 heavy (non-hydrogen) atoms. The fourth-order valence-electron chi connectivity index (χ4n) is 2.02. The molecule has 1 heterocycles. The van der Waals surface area contributed by atoms with E-state index in [9.17, 15) is 5.11 Å². The molecule has 0 aliphatic rings. The summed E-state index contributed by atoms with van der Waals surface area (Å²) in [5, 5.41) is 9.75. The van der Waals surface area contributed by atoms with Crippen LogP contribution in [0.5, 0.6) is 5.75 Å². The van der Waals surface area contributed by atoms with Gasteiger partial charge in [0.15, 0.2) is 0 Å². The van der Waals surface area contributed by atoms with Crippen molar-refractivity contribution in [1.82, 2.24) is 9.55 Å². The number of imidazole rings is 1. The monoisotopic (exact) mass is 260 g/mol. The molecular weight excluding hydrogens is 240 g/mol. The van der Waals surface area contributed by atoms with Crippen molar-refractivity contribution in [3.63, 3.8) is 0 Å². The minimum Gasteiger partial charge on any atom is -0.485 e. The van der Waals surface area contributed by atoms with E-state index in [2.05, 4.69) is 11.9 Å². The minimum absolute atomic E-state index is 0.407. The largest absolute Gasteiger partial charge is 0.485 e. The van der Waals surface area contributed by atoms with Crippen molar-refractivity contribution >= 4 is 0 Å². The van der Waals surface area contributed by atoms with Crippen LogP contribution in [-0.4, -0.2) is 14.7 Å². The van der Waals surface area contributed by atoms with Gasteiger partial charge in [-0.15, -0.1) is 0 Å². The lowest BCUT2D eigenvalue weighted by molar-refractivity contribution is 0.189. The van der Waals surface area contributed by atoms with Crippen molar-refractivity contribution in [3.05, 3.63) is 47.5 Å². The highest BCUT2D eigenvalue weighted by molar-refractivity contribution is 5.38. The number of aliphatic hydroxyl groups is 1. The fraction of sp³-hybridized carbons (Fsp3) is 0.400. The number of aromatic nitrogens is 2. The van der Waals surface area contributed by atoms with E-state index < -0.39 is 6.10 Å². The number of hydrogen-bond donors (Lipinski definition) is 1. The lowest BCUT2D eigenvalue weighted by Crippen LogP contribution is -2.07. The highest BCUT2D eigenvalue weighted by Gasteiger charge is 2.10. The first-order chi connectivity index (χ1) is 9.11. The van der Waals surface area contributed by atoms with E-state index in [0.29, 0.717) is 6.61 Å². The molecule has 0 fully saturated rings. The third-order valence-electron chi connectivity index (χ3n) is 3.12. The van der Waals surface area contributed by atoms with Crippen LogP contribution < -0.4 is 4.74 Å². The van der Waals surface area contributed by atoms with Crippen LogP contribution >= 0.6 is 0 Å². The first kappa shape index (κ1) is 13.6. The van der Waals surface area contributed by atoms with E-state index >= 15 is 0 Å². The average Bonchev–Trinajstić information content (AvgIpc) is 2.83. The normalized spacial score (nSPS) is 12.4. The summed E-state index contributed by atoms with van der Waals surface area (Å²) < 4.78 is 7.86. The second-order valence-electron chi connectivity index (χ2n) is 4.64. The summed E-state index contributed by atoms with van der Waals surface area (Å²) in [6.07, 6.45) is 3.17. The van der Waals surface area contributed by atoms with Crippen LogP contribution in [0.3, 0.4) is 0 Å². The molecule has 0 aliphatic heterocycles. The number of benzene rings is 1. The topological polar surface area (TPSA) is 47.3 Å².